The van der Waals surface area contributed by atoms with Gasteiger partial charge < -0.3 is 5.32 Å². The molecule has 0 unspecified atom stereocenters. The summed E-state index contributed by atoms with van der Waals surface area (Å²) in [5, 5.41) is 11.9. The van der Waals surface area contributed by atoms with E-state index in [2.05, 4.69) is 15.5 Å². The number of hydrogen-bond acceptors (Lipinski definition) is 4. The number of nitrogens with one attached hydrogen (secondary N) is 2. The van der Waals surface area contributed by atoms with Gasteiger partial charge in [0.1, 0.15) is 0 Å². The molecule has 19 heavy (non-hydrogen) atoms. The molecule has 2 N–H and O–H groups in total. The molecule has 102 valence electrons. The molecule has 0 bridgehead atoms. The summed E-state index contributed by atoms with van der Waals surface area (Å²) in [4.78, 5) is 11.6. The zero-order valence-electron chi connectivity index (χ0n) is 10.8. The number of carbonyl (C=O) groups is 1. The van der Waals surface area contributed by atoms with Crippen molar-refractivity contribution in [3.05, 3.63) is 35.0 Å². The lowest BCUT2D eigenvalue weighted by Crippen LogP contribution is -2.26. The van der Waals surface area contributed by atoms with Crippen LogP contribution in [0.3, 0.4) is 0 Å². The van der Waals surface area contributed by atoms with Crippen molar-refractivity contribution < 1.29 is 4.79 Å². The minimum atomic E-state index is 0.0994. The van der Waals surface area contributed by atoms with E-state index in [4.69, 9.17) is 0 Å². The summed E-state index contributed by atoms with van der Waals surface area (Å²) in [5.74, 6) is 0.591. The lowest BCUT2D eigenvalue weighted by atomic mass is 10.1. The van der Waals surface area contributed by atoms with Gasteiger partial charge in [-0.2, -0.15) is 5.10 Å². The van der Waals surface area contributed by atoms with Gasteiger partial charge in [0.2, 0.25) is 5.91 Å². The quantitative estimate of drug-likeness (QED) is 0.610. The molecule has 0 fully saturated rings. The minimum Gasteiger partial charge on any atom is -0.355 e. The molecule has 0 aliphatic carbocycles. The summed E-state index contributed by atoms with van der Waals surface area (Å²) in [6, 6.07) is 4.03. The Morgan fingerprint density at radius 1 is 1.58 bits per heavy atom. The molecule has 4 nitrogen and oxygen atoms in total. The van der Waals surface area contributed by atoms with E-state index in [1.165, 1.54) is 9.77 Å². The standard InChI is InChI=1S/C13H17N3OS2/c1-10-11(8-15-16-10)4-2-6-14-12(17)9-19-13-5-3-7-18-13/h3,5,7-8H,2,4,6,9H2,1H3,(H,14,17)(H,15,16). The first kappa shape index (κ1) is 14.1. The van der Waals surface area contributed by atoms with Crippen molar-refractivity contribution in [3.63, 3.8) is 0 Å². The van der Waals surface area contributed by atoms with E-state index in [0.29, 0.717) is 12.3 Å². The van der Waals surface area contributed by atoms with Gasteiger partial charge in [0.25, 0.3) is 0 Å². The lowest BCUT2D eigenvalue weighted by Gasteiger charge is -2.04. The maximum Gasteiger partial charge on any atom is 0.230 e. The van der Waals surface area contributed by atoms with Gasteiger partial charge in [0, 0.05) is 12.2 Å². The predicted molar refractivity (Wildman–Crippen MR) is 79.7 cm³/mol. The molecule has 1 amide bonds. The summed E-state index contributed by atoms with van der Waals surface area (Å²) < 4.78 is 1.18. The summed E-state index contributed by atoms with van der Waals surface area (Å²) >= 11 is 3.25. The SMILES string of the molecule is Cc1[nH]ncc1CCCNC(=O)CSc1cccs1. The Kier molecular flexibility index (Phi) is 5.47. The zero-order chi connectivity index (χ0) is 13.5. The third-order valence-electron chi connectivity index (χ3n) is 2.72. The summed E-state index contributed by atoms with van der Waals surface area (Å²) in [6.45, 7) is 2.73. The topological polar surface area (TPSA) is 57.8 Å². The number of aryl methyl sites for hydroxylation is 2. The third kappa shape index (κ3) is 4.72. The Morgan fingerprint density at radius 2 is 2.47 bits per heavy atom. The smallest absolute Gasteiger partial charge is 0.230 e. The molecule has 0 aliphatic heterocycles. The largest absolute Gasteiger partial charge is 0.355 e. The van der Waals surface area contributed by atoms with Crippen molar-refractivity contribution in [2.75, 3.05) is 12.3 Å². The van der Waals surface area contributed by atoms with Crippen LogP contribution in [-0.4, -0.2) is 28.4 Å². The van der Waals surface area contributed by atoms with E-state index in [1.54, 1.807) is 23.1 Å². The highest BCUT2D eigenvalue weighted by molar-refractivity contribution is 8.01. The Labute approximate surface area is 121 Å². The summed E-state index contributed by atoms with van der Waals surface area (Å²) in [5.41, 5.74) is 2.33. The molecule has 2 heterocycles. The number of aromatic amines is 1. The van der Waals surface area contributed by atoms with Gasteiger partial charge in [-0.15, -0.1) is 23.1 Å². The van der Waals surface area contributed by atoms with Gasteiger partial charge in [0.05, 0.1) is 16.2 Å². The van der Waals surface area contributed by atoms with Crippen LogP contribution in [0, 0.1) is 6.92 Å². The van der Waals surface area contributed by atoms with Crippen molar-refractivity contribution in [1.82, 2.24) is 15.5 Å². The predicted octanol–water partition coefficient (Wildman–Crippen LogP) is 2.62. The molecule has 0 radical (unpaired) electrons. The second kappa shape index (κ2) is 7.35. The van der Waals surface area contributed by atoms with Gasteiger partial charge in [0.15, 0.2) is 0 Å². The van der Waals surface area contributed by atoms with Crippen LogP contribution >= 0.6 is 23.1 Å². The van der Waals surface area contributed by atoms with Crippen LogP contribution < -0.4 is 5.32 Å². The minimum absolute atomic E-state index is 0.0994. The Morgan fingerprint density at radius 3 is 3.16 bits per heavy atom. The molecule has 0 atom stereocenters. The van der Waals surface area contributed by atoms with Gasteiger partial charge in [-0.3, -0.25) is 9.89 Å². The second-order valence-corrected chi connectivity index (χ2v) is 6.42. The van der Waals surface area contributed by atoms with E-state index >= 15 is 0 Å². The van der Waals surface area contributed by atoms with Crippen LogP contribution in [-0.2, 0) is 11.2 Å². The fraction of sp³-hybridized carbons (Fsp3) is 0.385. The van der Waals surface area contributed by atoms with E-state index in [9.17, 15) is 4.79 Å². The number of amides is 1. The molecule has 0 saturated heterocycles. The number of hydrogen-bond donors (Lipinski definition) is 2. The number of thioether (sulfide) groups is 1. The van der Waals surface area contributed by atoms with Gasteiger partial charge in [-0.05, 0) is 36.8 Å². The van der Waals surface area contributed by atoms with Crippen molar-refractivity contribution in [1.29, 1.82) is 0 Å². The van der Waals surface area contributed by atoms with Crippen LogP contribution in [0.2, 0.25) is 0 Å². The molecule has 0 saturated carbocycles. The van der Waals surface area contributed by atoms with Crippen molar-refractivity contribution in [2.45, 2.75) is 24.0 Å². The Hall–Kier alpha value is -1.27. The van der Waals surface area contributed by atoms with E-state index < -0.39 is 0 Å². The first-order valence-electron chi connectivity index (χ1n) is 6.17. The molecule has 2 rings (SSSR count). The molecule has 2 aromatic heterocycles. The highest BCUT2D eigenvalue weighted by atomic mass is 32.2. The highest BCUT2D eigenvalue weighted by Gasteiger charge is 2.04. The number of carbonyl (C=O) groups excluding carboxylic acids is 1. The molecule has 0 aliphatic rings. The molecule has 0 spiro atoms. The van der Waals surface area contributed by atoms with Crippen LogP contribution in [0.15, 0.2) is 27.9 Å². The van der Waals surface area contributed by atoms with Crippen molar-refractivity contribution in [3.8, 4) is 0 Å². The molecule has 0 aromatic carbocycles. The van der Waals surface area contributed by atoms with Crippen LogP contribution in [0.1, 0.15) is 17.7 Å². The maximum absolute atomic E-state index is 11.6. The average molecular weight is 295 g/mol. The van der Waals surface area contributed by atoms with Gasteiger partial charge >= 0.3 is 0 Å². The van der Waals surface area contributed by atoms with Crippen LogP contribution in [0.4, 0.5) is 0 Å². The van der Waals surface area contributed by atoms with Gasteiger partial charge in [-0.1, -0.05) is 6.07 Å². The number of rotatable bonds is 7. The molecular weight excluding hydrogens is 278 g/mol. The second-order valence-electron chi connectivity index (χ2n) is 4.19. The van der Waals surface area contributed by atoms with Crippen molar-refractivity contribution in [2.24, 2.45) is 0 Å². The average Bonchev–Trinajstić information content (AvgIpc) is 3.04. The summed E-state index contributed by atoms with van der Waals surface area (Å²) in [7, 11) is 0. The van der Waals surface area contributed by atoms with E-state index in [0.717, 1.165) is 18.5 Å². The zero-order valence-corrected chi connectivity index (χ0v) is 12.4. The Bertz CT molecular complexity index is 508. The Balaban J connectivity index is 1.58. The maximum atomic E-state index is 11.6. The number of nitrogens with zero attached hydrogens (tertiary/aromatic N) is 1. The first-order chi connectivity index (χ1) is 9.25. The monoisotopic (exact) mass is 295 g/mol. The molecular formula is C13H17N3OS2. The van der Waals surface area contributed by atoms with Crippen LogP contribution in [0.5, 0.6) is 0 Å². The fourth-order valence-corrected chi connectivity index (χ4v) is 3.28. The number of aromatic nitrogens is 2. The molecule has 6 heteroatoms. The van der Waals surface area contributed by atoms with E-state index in [1.807, 2.05) is 30.6 Å². The number of H-pyrrole nitrogens is 1. The summed E-state index contributed by atoms with van der Waals surface area (Å²) in [6.07, 6.45) is 3.74. The normalized spacial score (nSPS) is 10.6. The van der Waals surface area contributed by atoms with Gasteiger partial charge in [-0.25, -0.2) is 0 Å². The fourth-order valence-electron chi connectivity index (χ4n) is 1.67. The van der Waals surface area contributed by atoms with Crippen molar-refractivity contribution >= 4 is 29.0 Å². The third-order valence-corrected chi connectivity index (χ3v) is 4.85. The van der Waals surface area contributed by atoms with E-state index in [-0.39, 0.29) is 5.91 Å². The van der Waals surface area contributed by atoms with Crippen LogP contribution in [0.25, 0.3) is 0 Å². The molecule has 2 aromatic rings. The number of thiophene rings is 1. The lowest BCUT2D eigenvalue weighted by molar-refractivity contribution is -0.118. The highest BCUT2D eigenvalue weighted by Crippen LogP contribution is 2.22. The first-order valence-corrected chi connectivity index (χ1v) is 8.04.